The van der Waals surface area contributed by atoms with Crippen LogP contribution in [0.25, 0.3) is 10.9 Å². The predicted molar refractivity (Wildman–Crippen MR) is 148 cm³/mol. The zero-order valence-corrected chi connectivity index (χ0v) is 22.3. The highest BCUT2D eigenvalue weighted by Crippen LogP contribution is 2.38. The lowest BCUT2D eigenvalue weighted by Crippen LogP contribution is -2.30. The fourth-order valence-electron chi connectivity index (χ4n) is 5.29. The molecule has 1 aromatic heterocycles. The summed E-state index contributed by atoms with van der Waals surface area (Å²) in [6, 6.07) is 12.9. The van der Waals surface area contributed by atoms with Gasteiger partial charge in [0.1, 0.15) is 5.82 Å². The van der Waals surface area contributed by atoms with Crippen molar-refractivity contribution < 1.29 is 9.47 Å². The van der Waals surface area contributed by atoms with Crippen LogP contribution in [0, 0.1) is 0 Å². The molecule has 3 aromatic rings. The van der Waals surface area contributed by atoms with Gasteiger partial charge in [0.25, 0.3) is 0 Å². The normalized spacial score (nSPS) is 16.9. The lowest BCUT2D eigenvalue weighted by Gasteiger charge is -2.29. The zero-order chi connectivity index (χ0) is 25.1. The molecule has 2 aromatic carbocycles. The van der Waals surface area contributed by atoms with Gasteiger partial charge in [-0.15, -0.1) is 0 Å². The minimum absolute atomic E-state index is 0.149. The first kappa shape index (κ1) is 24.7. The molecule has 0 atom stereocenters. The molecule has 5 rings (SSSR count). The van der Waals surface area contributed by atoms with Crippen LogP contribution < -0.4 is 19.7 Å². The van der Waals surface area contributed by atoms with Gasteiger partial charge in [0.15, 0.2) is 11.5 Å². The standard InChI is InChI=1S/C30H40N4O2/c1-30(2,3)22-14-12-21(13-15-22)20-31-29-32-25-19-27(36-23-10-6-7-11-23)26(35-4)18-24(25)28(33-29)34-16-8-5-9-17-34/h12-15,18-19,23H,5-11,16-17,20H2,1-4H3,(H,31,32,33). The van der Waals surface area contributed by atoms with E-state index in [9.17, 15) is 0 Å². The molecular weight excluding hydrogens is 448 g/mol. The Bertz CT molecular complexity index is 1170. The van der Waals surface area contributed by atoms with Gasteiger partial charge in [0.2, 0.25) is 5.95 Å². The summed E-state index contributed by atoms with van der Waals surface area (Å²) in [5, 5.41) is 4.51. The molecule has 0 spiro atoms. The average molecular weight is 489 g/mol. The topological polar surface area (TPSA) is 59.5 Å². The summed E-state index contributed by atoms with van der Waals surface area (Å²) in [6.07, 6.45) is 8.57. The van der Waals surface area contributed by atoms with E-state index in [0.717, 1.165) is 54.2 Å². The summed E-state index contributed by atoms with van der Waals surface area (Å²) in [5.74, 6) is 3.18. The van der Waals surface area contributed by atoms with E-state index in [4.69, 9.17) is 19.4 Å². The maximum absolute atomic E-state index is 6.38. The number of piperidine rings is 1. The van der Waals surface area contributed by atoms with E-state index < -0.39 is 0 Å². The number of fused-ring (bicyclic) bond motifs is 1. The van der Waals surface area contributed by atoms with E-state index >= 15 is 0 Å². The van der Waals surface area contributed by atoms with Crippen molar-refractivity contribution >= 4 is 22.7 Å². The van der Waals surface area contributed by atoms with Crippen molar-refractivity contribution in [1.29, 1.82) is 0 Å². The van der Waals surface area contributed by atoms with Crippen molar-refractivity contribution in [2.45, 2.75) is 83.8 Å². The van der Waals surface area contributed by atoms with Gasteiger partial charge >= 0.3 is 0 Å². The van der Waals surface area contributed by atoms with E-state index in [1.165, 1.54) is 43.2 Å². The van der Waals surface area contributed by atoms with Crippen LogP contribution in [0.2, 0.25) is 0 Å². The van der Waals surface area contributed by atoms with E-state index in [0.29, 0.717) is 12.5 Å². The molecule has 36 heavy (non-hydrogen) atoms. The Morgan fingerprint density at radius 1 is 0.917 bits per heavy atom. The summed E-state index contributed by atoms with van der Waals surface area (Å²) in [4.78, 5) is 12.3. The monoisotopic (exact) mass is 488 g/mol. The zero-order valence-electron chi connectivity index (χ0n) is 22.3. The Balaban J connectivity index is 1.46. The van der Waals surface area contributed by atoms with Gasteiger partial charge in [-0.3, -0.25) is 0 Å². The van der Waals surface area contributed by atoms with Gasteiger partial charge in [-0.1, -0.05) is 45.0 Å². The largest absolute Gasteiger partial charge is 0.493 e. The third-order valence-corrected chi connectivity index (χ3v) is 7.48. The minimum Gasteiger partial charge on any atom is -0.493 e. The van der Waals surface area contributed by atoms with Crippen LogP contribution in [0.1, 0.15) is 76.8 Å². The van der Waals surface area contributed by atoms with Crippen LogP contribution in [0.15, 0.2) is 36.4 Å². The third kappa shape index (κ3) is 5.53. The number of nitrogens with zero attached hydrogens (tertiary/aromatic N) is 3. The van der Waals surface area contributed by atoms with Gasteiger partial charge in [-0.25, -0.2) is 4.98 Å². The molecule has 2 heterocycles. The van der Waals surface area contributed by atoms with Crippen molar-refractivity contribution in [3.63, 3.8) is 0 Å². The van der Waals surface area contributed by atoms with Crippen LogP contribution in [-0.2, 0) is 12.0 Å². The highest BCUT2D eigenvalue weighted by Gasteiger charge is 2.22. The molecule has 2 aliphatic rings. The third-order valence-electron chi connectivity index (χ3n) is 7.48. The Morgan fingerprint density at radius 3 is 2.31 bits per heavy atom. The highest BCUT2D eigenvalue weighted by molar-refractivity contribution is 5.93. The molecule has 0 unspecified atom stereocenters. The molecule has 2 fully saturated rings. The molecule has 0 radical (unpaired) electrons. The van der Waals surface area contributed by atoms with Crippen molar-refractivity contribution in [3.8, 4) is 11.5 Å². The molecule has 1 saturated heterocycles. The van der Waals surface area contributed by atoms with Crippen LogP contribution in [-0.4, -0.2) is 36.3 Å². The molecule has 192 valence electrons. The van der Waals surface area contributed by atoms with Crippen LogP contribution in [0.4, 0.5) is 11.8 Å². The minimum atomic E-state index is 0.149. The Labute approximate surface area is 215 Å². The first-order valence-electron chi connectivity index (χ1n) is 13.6. The lowest BCUT2D eigenvalue weighted by molar-refractivity contribution is 0.201. The molecule has 1 aliphatic carbocycles. The van der Waals surface area contributed by atoms with Crippen LogP contribution in [0.3, 0.4) is 0 Å². The molecule has 1 saturated carbocycles. The van der Waals surface area contributed by atoms with Crippen molar-refractivity contribution in [2.75, 3.05) is 30.4 Å². The van der Waals surface area contributed by atoms with Crippen molar-refractivity contribution in [1.82, 2.24) is 9.97 Å². The van der Waals surface area contributed by atoms with Gasteiger partial charge < -0.3 is 19.7 Å². The SMILES string of the molecule is COc1cc2c(N3CCCCC3)nc(NCc3ccc(C(C)(C)C)cc3)nc2cc1OC1CCCC1. The van der Waals surface area contributed by atoms with Crippen LogP contribution in [0.5, 0.6) is 11.5 Å². The predicted octanol–water partition coefficient (Wildman–Crippen LogP) is 6.86. The van der Waals surface area contributed by atoms with E-state index in [1.54, 1.807) is 7.11 Å². The molecule has 0 amide bonds. The Hall–Kier alpha value is -3.02. The number of methoxy groups -OCH3 is 1. The van der Waals surface area contributed by atoms with Crippen LogP contribution >= 0.6 is 0 Å². The first-order chi connectivity index (χ1) is 17.4. The number of anilines is 2. The number of aromatic nitrogens is 2. The fourth-order valence-corrected chi connectivity index (χ4v) is 5.29. The lowest BCUT2D eigenvalue weighted by atomic mass is 9.87. The molecule has 6 nitrogen and oxygen atoms in total. The molecule has 1 aliphatic heterocycles. The Kier molecular flexibility index (Phi) is 7.22. The smallest absolute Gasteiger partial charge is 0.225 e. The number of ether oxygens (including phenoxy) is 2. The number of hydrogen-bond acceptors (Lipinski definition) is 6. The van der Waals surface area contributed by atoms with Gasteiger partial charge in [-0.2, -0.15) is 4.98 Å². The average Bonchev–Trinajstić information content (AvgIpc) is 3.40. The van der Waals surface area contributed by atoms with E-state index in [2.05, 4.69) is 61.3 Å². The van der Waals surface area contributed by atoms with E-state index in [-0.39, 0.29) is 11.5 Å². The summed E-state index contributed by atoms with van der Waals surface area (Å²) >= 11 is 0. The Morgan fingerprint density at radius 2 is 1.64 bits per heavy atom. The summed E-state index contributed by atoms with van der Waals surface area (Å²) < 4.78 is 12.1. The number of rotatable bonds is 7. The molecule has 6 heteroatoms. The number of hydrogen-bond donors (Lipinski definition) is 1. The second kappa shape index (κ2) is 10.5. The van der Waals surface area contributed by atoms with E-state index in [1.807, 2.05) is 6.07 Å². The maximum Gasteiger partial charge on any atom is 0.225 e. The van der Waals surface area contributed by atoms with Gasteiger partial charge in [-0.05, 0) is 67.6 Å². The fraction of sp³-hybridized carbons (Fsp3) is 0.533. The summed E-state index contributed by atoms with van der Waals surface area (Å²) in [7, 11) is 1.71. The molecule has 1 N–H and O–H groups in total. The quantitative estimate of drug-likeness (QED) is 0.392. The second-order valence-corrected chi connectivity index (χ2v) is 11.3. The summed E-state index contributed by atoms with van der Waals surface area (Å²) in [6.45, 7) is 9.43. The highest BCUT2D eigenvalue weighted by atomic mass is 16.5. The van der Waals surface area contributed by atoms with Crippen molar-refractivity contribution in [2.24, 2.45) is 0 Å². The summed E-state index contributed by atoms with van der Waals surface area (Å²) in [5.41, 5.74) is 3.59. The second-order valence-electron chi connectivity index (χ2n) is 11.3. The van der Waals surface area contributed by atoms with Gasteiger partial charge in [0.05, 0.1) is 18.7 Å². The first-order valence-corrected chi connectivity index (χ1v) is 13.6. The molecule has 0 bridgehead atoms. The maximum atomic E-state index is 6.38. The number of benzene rings is 2. The van der Waals surface area contributed by atoms with Gasteiger partial charge in [0, 0.05) is 31.1 Å². The molecular formula is C30H40N4O2. The van der Waals surface area contributed by atoms with Crippen molar-refractivity contribution in [3.05, 3.63) is 47.5 Å². The number of nitrogens with one attached hydrogen (secondary N) is 1.